The van der Waals surface area contributed by atoms with E-state index in [1.54, 1.807) is 0 Å². The lowest BCUT2D eigenvalue weighted by Crippen LogP contribution is -2.35. The van der Waals surface area contributed by atoms with Gasteiger partial charge in [0.2, 0.25) is 5.91 Å². The van der Waals surface area contributed by atoms with Crippen molar-refractivity contribution in [1.82, 2.24) is 5.32 Å². The molecule has 0 aromatic heterocycles. The first-order chi connectivity index (χ1) is 8.15. The van der Waals surface area contributed by atoms with Gasteiger partial charge in [-0.3, -0.25) is 4.79 Å². The molecule has 1 aromatic carbocycles. The van der Waals surface area contributed by atoms with Gasteiger partial charge in [0.15, 0.2) is 0 Å². The standard InChI is InChI=1S/C12H18BrN3O/c1-2-15-12(17)7-11(8-14)16-10-5-3-4-9(13)6-10/h3-6,11,16H,2,7-8,14H2,1H3,(H,15,17). The number of rotatable bonds is 6. The number of nitrogens with two attached hydrogens (primary N) is 1. The fourth-order valence-electron chi connectivity index (χ4n) is 1.50. The van der Waals surface area contributed by atoms with Crippen LogP contribution < -0.4 is 16.4 Å². The molecule has 0 aliphatic carbocycles. The van der Waals surface area contributed by atoms with Crippen molar-refractivity contribution in [3.63, 3.8) is 0 Å². The number of carbonyl (C=O) groups is 1. The summed E-state index contributed by atoms with van der Waals surface area (Å²) in [4.78, 5) is 11.5. The van der Waals surface area contributed by atoms with E-state index in [1.165, 1.54) is 0 Å². The fourth-order valence-corrected chi connectivity index (χ4v) is 1.90. The highest BCUT2D eigenvalue weighted by molar-refractivity contribution is 9.10. The Hall–Kier alpha value is -1.07. The monoisotopic (exact) mass is 299 g/mol. The predicted molar refractivity (Wildman–Crippen MR) is 73.9 cm³/mol. The van der Waals surface area contributed by atoms with Crippen LogP contribution in [0.3, 0.4) is 0 Å². The third-order valence-corrected chi connectivity index (χ3v) is 2.78. The first kappa shape index (κ1) is 14.0. The summed E-state index contributed by atoms with van der Waals surface area (Å²) in [5.41, 5.74) is 6.61. The van der Waals surface area contributed by atoms with Crippen LogP contribution in [-0.4, -0.2) is 25.0 Å². The van der Waals surface area contributed by atoms with Crippen LogP contribution in [0.4, 0.5) is 5.69 Å². The summed E-state index contributed by atoms with van der Waals surface area (Å²) in [6.07, 6.45) is 0.386. The summed E-state index contributed by atoms with van der Waals surface area (Å²) in [5, 5.41) is 6.01. The highest BCUT2D eigenvalue weighted by atomic mass is 79.9. The van der Waals surface area contributed by atoms with Crippen molar-refractivity contribution in [1.29, 1.82) is 0 Å². The largest absolute Gasteiger partial charge is 0.380 e. The SMILES string of the molecule is CCNC(=O)CC(CN)Nc1cccc(Br)c1. The van der Waals surface area contributed by atoms with Crippen molar-refractivity contribution >= 4 is 27.5 Å². The highest BCUT2D eigenvalue weighted by Gasteiger charge is 2.11. The molecule has 1 amide bonds. The molecule has 0 radical (unpaired) electrons. The molecular formula is C12H18BrN3O. The predicted octanol–water partition coefficient (Wildman–Crippen LogP) is 1.71. The van der Waals surface area contributed by atoms with E-state index in [1.807, 2.05) is 31.2 Å². The summed E-state index contributed by atoms with van der Waals surface area (Å²) in [7, 11) is 0. The van der Waals surface area contributed by atoms with Gasteiger partial charge >= 0.3 is 0 Å². The van der Waals surface area contributed by atoms with E-state index in [4.69, 9.17) is 5.73 Å². The smallest absolute Gasteiger partial charge is 0.222 e. The molecule has 17 heavy (non-hydrogen) atoms. The summed E-state index contributed by atoms with van der Waals surface area (Å²) in [5.74, 6) is 0.0189. The molecule has 0 heterocycles. The number of amides is 1. The van der Waals surface area contributed by atoms with Crippen LogP contribution in [0, 0.1) is 0 Å². The molecule has 0 fully saturated rings. The summed E-state index contributed by atoms with van der Waals surface area (Å²) >= 11 is 3.40. The van der Waals surface area contributed by atoms with Crippen molar-refractivity contribution in [3.8, 4) is 0 Å². The lowest BCUT2D eigenvalue weighted by atomic mass is 10.2. The average molecular weight is 300 g/mol. The molecule has 0 saturated heterocycles. The Kier molecular flexibility index (Phi) is 6.00. The highest BCUT2D eigenvalue weighted by Crippen LogP contribution is 2.16. The zero-order valence-electron chi connectivity index (χ0n) is 9.87. The number of nitrogens with one attached hydrogen (secondary N) is 2. The van der Waals surface area contributed by atoms with Gasteiger partial charge in [0.05, 0.1) is 0 Å². The number of benzene rings is 1. The van der Waals surface area contributed by atoms with Crippen molar-refractivity contribution in [2.45, 2.75) is 19.4 Å². The van der Waals surface area contributed by atoms with Gasteiger partial charge in [-0.2, -0.15) is 0 Å². The molecule has 0 aliphatic rings. The Morgan fingerprint density at radius 1 is 1.53 bits per heavy atom. The Bertz CT molecular complexity index is 371. The Labute approximate surface area is 110 Å². The summed E-state index contributed by atoms with van der Waals surface area (Å²) in [6.45, 7) is 2.97. The first-order valence-corrected chi connectivity index (χ1v) is 6.44. The first-order valence-electron chi connectivity index (χ1n) is 5.64. The van der Waals surface area contributed by atoms with Gasteiger partial charge in [-0.05, 0) is 25.1 Å². The van der Waals surface area contributed by atoms with Crippen molar-refractivity contribution in [2.24, 2.45) is 5.73 Å². The van der Waals surface area contributed by atoms with Gasteiger partial charge in [0.25, 0.3) is 0 Å². The van der Waals surface area contributed by atoms with Gasteiger partial charge < -0.3 is 16.4 Å². The lowest BCUT2D eigenvalue weighted by Gasteiger charge is -2.17. The molecule has 5 heteroatoms. The Morgan fingerprint density at radius 3 is 2.88 bits per heavy atom. The van der Waals surface area contributed by atoms with E-state index in [0.717, 1.165) is 10.2 Å². The number of carbonyl (C=O) groups excluding carboxylic acids is 1. The second-order valence-electron chi connectivity index (χ2n) is 3.74. The quantitative estimate of drug-likeness (QED) is 0.749. The minimum absolute atomic E-state index is 0.0189. The minimum atomic E-state index is -0.0455. The van der Waals surface area contributed by atoms with Gasteiger partial charge in [-0.25, -0.2) is 0 Å². The molecule has 0 saturated carbocycles. The van der Waals surface area contributed by atoms with E-state index < -0.39 is 0 Å². The maximum atomic E-state index is 11.5. The Morgan fingerprint density at radius 2 is 2.29 bits per heavy atom. The van der Waals surface area contributed by atoms with E-state index in [9.17, 15) is 4.79 Å². The lowest BCUT2D eigenvalue weighted by molar-refractivity contribution is -0.121. The van der Waals surface area contributed by atoms with Gasteiger partial charge in [0.1, 0.15) is 0 Å². The molecule has 4 nitrogen and oxygen atoms in total. The van der Waals surface area contributed by atoms with Crippen LogP contribution in [0.15, 0.2) is 28.7 Å². The molecule has 1 rings (SSSR count). The topological polar surface area (TPSA) is 67.2 Å². The number of anilines is 1. The molecule has 0 aliphatic heterocycles. The van der Waals surface area contributed by atoms with Crippen molar-refractivity contribution in [3.05, 3.63) is 28.7 Å². The zero-order valence-corrected chi connectivity index (χ0v) is 11.5. The minimum Gasteiger partial charge on any atom is -0.380 e. The van der Waals surface area contributed by atoms with Crippen LogP contribution in [-0.2, 0) is 4.79 Å². The molecule has 1 atom stereocenters. The van der Waals surface area contributed by atoms with Crippen LogP contribution in [0.1, 0.15) is 13.3 Å². The van der Waals surface area contributed by atoms with Gasteiger partial charge in [-0.15, -0.1) is 0 Å². The molecule has 0 bridgehead atoms. The van der Waals surface area contributed by atoms with Crippen LogP contribution >= 0.6 is 15.9 Å². The summed E-state index contributed by atoms with van der Waals surface area (Å²) < 4.78 is 0.997. The maximum absolute atomic E-state index is 11.5. The van der Waals surface area contributed by atoms with E-state index in [-0.39, 0.29) is 11.9 Å². The molecule has 1 unspecified atom stereocenters. The van der Waals surface area contributed by atoms with Gasteiger partial charge in [-0.1, -0.05) is 22.0 Å². The van der Waals surface area contributed by atoms with E-state index >= 15 is 0 Å². The molecule has 4 N–H and O–H groups in total. The molecular weight excluding hydrogens is 282 g/mol. The second kappa shape index (κ2) is 7.29. The van der Waals surface area contributed by atoms with E-state index in [0.29, 0.717) is 19.5 Å². The third-order valence-electron chi connectivity index (χ3n) is 2.29. The fraction of sp³-hybridized carbons (Fsp3) is 0.417. The number of hydrogen-bond donors (Lipinski definition) is 3. The molecule has 94 valence electrons. The number of hydrogen-bond acceptors (Lipinski definition) is 3. The van der Waals surface area contributed by atoms with Crippen LogP contribution in [0.25, 0.3) is 0 Å². The average Bonchev–Trinajstić information content (AvgIpc) is 2.28. The van der Waals surface area contributed by atoms with Gasteiger partial charge in [0, 0.05) is 35.7 Å². The molecule has 1 aromatic rings. The second-order valence-corrected chi connectivity index (χ2v) is 4.66. The number of halogens is 1. The van der Waals surface area contributed by atoms with Crippen LogP contribution in [0.5, 0.6) is 0 Å². The zero-order chi connectivity index (χ0) is 12.7. The third kappa shape index (κ3) is 5.19. The Balaban J connectivity index is 2.54. The molecule has 0 spiro atoms. The van der Waals surface area contributed by atoms with Crippen LogP contribution in [0.2, 0.25) is 0 Å². The maximum Gasteiger partial charge on any atom is 0.222 e. The van der Waals surface area contributed by atoms with E-state index in [2.05, 4.69) is 26.6 Å². The van der Waals surface area contributed by atoms with Crippen molar-refractivity contribution < 1.29 is 4.79 Å². The summed E-state index contributed by atoms with van der Waals surface area (Å²) in [6, 6.07) is 7.75. The van der Waals surface area contributed by atoms with Crippen molar-refractivity contribution in [2.75, 3.05) is 18.4 Å². The normalized spacial score (nSPS) is 11.9.